The Hall–Kier alpha value is -1.67. The van der Waals surface area contributed by atoms with Gasteiger partial charge in [0, 0.05) is 52.2 Å². The molecule has 3 heterocycles. The molecule has 1 aliphatic rings. The number of rotatable bonds is 8. The van der Waals surface area contributed by atoms with E-state index in [2.05, 4.69) is 19.4 Å². The Morgan fingerprint density at radius 2 is 2.08 bits per heavy atom. The van der Waals surface area contributed by atoms with Crippen LogP contribution < -0.4 is 0 Å². The third kappa shape index (κ3) is 4.91. The molecule has 1 fully saturated rings. The molecule has 0 aliphatic carbocycles. The molecule has 0 spiro atoms. The van der Waals surface area contributed by atoms with Crippen molar-refractivity contribution in [1.82, 2.24) is 19.4 Å². The lowest BCUT2D eigenvalue weighted by Crippen LogP contribution is -2.48. The van der Waals surface area contributed by atoms with Crippen LogP contribution in [-0.4, -0.2) is 69.9 Å². The van der Waals surface area contributed by atoms with E-state index >= 15 is 0 Å². The van der Waals surface area contributed by atoms with E-state index < -0.39 is 6.10 Å². The van der Waals surface area contributed by atoms with E-state index in [1.54, 1.807) is 6.26 Å². The number of hydrogen-bond acceptors (Lipinski definition) is 6. The first-order chi connectivity index (χ1) is 11.7. The Morgan fingerprint density at radius 3 is 2.75 bits per heavy atom. The second-order valence-corrected chi connectivity index (χ2v) is 6.28. The van der Waals surface area contributed by atoms with Crippen LogP contribution in [0.1, 0.15) is 11.6 Å². The number of imidazole rings is 1. The minimum atomic E-state index is -0.471. The molecule has 2 aromatic heterocycles. The molecule has 2 aromatic rings. The summed E-state index contributed by atoms with van der Waals surface area (Å²) < 4.78 is 12.8. The highest BCUT2D eigenvalue weighted by molar-refractivity contribution is 4.96. The number of β-amino-alcohol motifs (C(OH)–C–C–N with tert-alkyl or cyclic N) is 1. The molecule has 0 unspecified atom stereocenters. The Kier molecular flexibility index (Phi) is 6.03. The summed E-state index contributed by atoms with van der Waals surface area (Å²) in [6.07, 6.45) is 4.97. The Balaban J connectivity index is 1.32. The highest BCUT2D eigenvalue weighted by Gasteiger charge is 2.20. The average molecular weight is 334 g/mol. The molecule has 3 rings (SSSR count). The van der Waals surface area contributed by atoms with Crippen LogP contribution in [0.25, 0.3) is 0 Å². The second kappa shape index (κ2) is 8.43. The molecule has 0 amide bonds. The van der Waals surface area contributed by atoms with Crippen molar-refractivity contribution >= 4 is 0 Å². The van der Waals surface area contributed by atoms with Gasteiger partial charge in [-0.3, -0.25) is 9.80 Å². The summed E-state index contributed by atoms with van der Waals surface area (Å²) in [5.41, 5.74) is 0. The zero-order valence-electron chi connectivity index (χ0n) is 14.2. The van der Waals surface area contributed by atoms with Crippen molar-refractivity contribution < 1.29 is 14.3 Å². The van der Waals surface area contributed by atoms with Gasteiger partial charge >= 0.3 is 0 Å². The third-order valence-corrected chi connectivity index (χ3v) is 4.35. The van der Waals surface area contributed by atoms with Gasteiger partial charge in [0.15, 0.2) is 0 Å². The van der Waals surface area contributed by atoms with Gasteiger partial charge in [0.1, 0.15) is 18.2 Å². The maximum absolute atomic E-state index is 10.1. The number of furan rings is 1. The molecule has 132 valence electrons. The van der Waals surface area contributed by atoms with E-state index in [0.717, 1.165) is 44.3 Å². The van der Waals surface area contributed by atoms with Crippen molar-refractivity contribution in [2.24, 2.45) is 7.05 Å². The second-order valence-electron chi connectivity index (χ2n) is 6.28. The number of hydrogen-bond donors (Lipinski definition) is 1. The number of aliphatic hydroxyl groups is 1. The maximum Gasteiger partial charge on any atom is 0.129 e. The fourth-order valence-electron chi connectivity index (χ4n) is 2.92. The van der Waals surface area contributed by atoms with Crippen LogP contribution in [0.15, 0.2) is 35.2 Å². The van der Waals surface area contributed by atoms with Crippen LogP contribution in [0.4, 0.5) is 0 Å². The fraction of sp³-hybridized carbons (Fsp3) is 0.588. The predicted molar refractivity (Wildman–Crippen MR) is 89.3 cm³/mol. The van der Waals surface area contributed by atoms with Gasteiger partial charge < -0.3 is 18.8 Å². The van der Waals surface area contributed by atoms with Crippen molar-refractivity contribution in [3.8, 4) is 0 Å². The average Bonchev–Trinajstić information content (AvgIpc) is 3.22. The standard InChI is InChI=1S/C17H26N4O3/c1-19-5-4-18-17(19)12-21-8-6-20(7-9-21)11-15(22)13-23-14-16-3-2-10-24-16/h2-5,10,15,22H,6-9,11-14H2,1H3/t15-/m1/s1. The smallest absolute Gasteiger partial charge is 0.129 e. The van der Waals surface area contributed by atoms with Crippen molar-refractivity contribution in [3.05, 3.63) is 42.4 Å². The number of piperazine rings is 1. The highest BCUT2D eigenvalue weighted by atomic mass is 16.5. The van der Waals surface area contributed by atoms with Gasteiger partial charge in [-0.05, 0) is 12.1 Å². The van der Waals surface area contributed by atoms with Gasteiger partial charge in [0.2, 0.25) is 0 Å². The van der Waals surface area contributed by atoms with Gasteiger partial charge in [0.25, 0.3) is 0 Å². The number of aryl methyl sites for hydroxylation is 1. The van der Waals surface area contributed by atoms with Gasteiger partial charge in [0.05, 0.1) is 25.5 Å². The third-order valence-electron chi connectivity index (χ3n) is 4.35. The first-order valence-electron chi connectivity index (χ1n) is 8.40. The van der Waals surface area contributed by atoms with Gasteiger partial charge in [-0.15, -0.1) is 0 Å². The molecular formula is C17H26N4O3. The lowest BCUT2D eigenvalue weighted by atomic mass is 10.2. The first kappa shape index (κ1) is 17.2. The first-order valence-corrected chi connectivity index (χ1v) is 8.40. The zero-order chi connectivity index (χ0) is 16.8. The quantitative estimate of drug-likeness (QED) is 0.767. The Bertz CT molecular complexity index is 591. The molecule has 1 atom stereocenters. The highest BCUT2D eigenvalue weighted by Crippen LogP contribution is 2.08. The number of nitrogens with zero attached hydrogens (tertiary/aromatic N) is 4. The summed E-state index contributed by atoms with van der Waals surface area (Å²) in [6.45, 7) is 6.16. The van der Waals surface area contributed by atoms with E-state index in [-0.39, 0.29) is 0 Å². The normalized spacial score (nSPS) is 18.1. The lowest BCUT2D eigenvalue weighted by molar-refractivity contribution is -0.00326. The summed E-state index contributed by atoms with van der Waals surface area (Å²) in [5, 5.41) is 10.1. The Labute approximate surface area is 142 Å². The molecule has 0 bridgehead atoms. The molecule has 7 nitrogen and oxygen atoms in total. The largest absolute Gasteiger partial charge is 0.467 e. The monoisotopic (exact) mass is 334 g/mol. The lowest BCUT2D eigenvalue weighted by Gasteiger charge is -2.35. The van der Waals surface area contributed by atoms with Crippen molar-refractivity contribution in [1.29, 1.82) is 0 Å². The summed E-state index contributed by atoms with van der Waals surface area (Å²) in [5.74, 6) is 1.87. The molecular weight excluding hydrogens is 308 g/mol. The number of aromatic nitrogens is 2. The van der Waals surface area contributed by atoms with E-state index in [1.807, 2.05) is 31.6 Å². The predicted octanol–water partition coefficient (Wildman–Crippen LogP) is 0.708. The minimum Gasteiger partial charge on any atom is -0.467 e. The van der Waals surface area contributed by atoms with E-state index in [4.69, 9.17) is 9.15 Å². The van der Waals surface area contributed by atoms with Crippen LogP contribution in [0.3, 0.4) is 0 Å². The summed E-state index contributed by atoms with van der Waals surface area (Å²) in [6, 6.07) is 3.70. The molecule has 24 heavy (non-hydrogen) atoms. The zero-order valence-corrected chi connectivity index (χ0v) is 14.2. The van der Waals surface area contributed by atoms with Crippen LogP contribution >= 0.6 is 0 Å². The van der Waals surface area contributed by atoms with Crippen molar-refractivity contribution in [3.63, 3.8) is 0 Å². The van der Waals surface area contributed by atoms with E-state index in [1.165, 1.54) is 0 Å². The SMILES string of the molecule is Cn1ccnc1CN1CCN(C[C@@H](O)COCc2ccco2)CC1. The topological polar surface area (TPSA) is 66.9 Å². The van der Waals surface area contributed by atoms with E-state index in [9.17, 15) is 5.11 Å². The summed E-state index contributed by atoms with van der Waals surface area (Å²) >= 11 is 0. The molecule has 0 aromatic carbocycles. The van der Waals surface area contributed by atoms with Crippen LogP contribution in [0.5, 0.6) is 0 Å². The van der Waals surface area contributed by atoms with Gasteiger partial charge in [-0.25, -0.2) is 4.98 Å². The molecule has 1 N–H and O–H groups in total. The van der Waals surface area contributed by atoms with Crippen molar-refractivity contribution in [2.45, 2.75) is 19.3 Å². The minimum absolute atomic E-state index is 0.328. The van der Waals surface area contributed by atoms with Crippen LogP contribution in [-0.2, 0) is 24.9 Å². The van der Waals surface area contributed by atoms with Crippen LogP contribution in [0.2, 0.25) is 0 Å². The van der Waals surface area contributed by atoms with Gasteiger partial charge in [-0.2, -0.15) is 0 Å². The number of ether oxygens (including phenoxy) is 1. The van der Waals surface area contributed by atoms with Crippen molar-refractivity contribution in [2.75, 3.05) is 39.3 Å². The molecule has 1 saturated heterocycles. The van der Waals surface area contributed by atoms with Crippen LogP contribution in [0, 0.1) is 0 Å². The fourth-order valence-corrected chi connectivity index (χ4v) is 2.92. The molecule has 7 heteroatoms. The summed E-state index contributed by atoms with van der Waals surface area (Å²) in [7, 11) is 2.03. The Morgan fingerprint density at radius 1 is 1.29 bits per heavy atom. The number of aliphatic hydroxyl groups excluding tert-OH is 1. The molecule has 0 radical (unpaired) electrons. The summed E-state index contributed by atoms with van der Waals surface area (Å²) in [4.78, 5) is 9.06. The maximum atomic E-state index is 10.1. The molecule has 1 aliphatic heterocycles. The van der Waals surface area contributed by atoms with Gasteiger partial charge in [-0.1, -0.05) is 0 Å². The van der Waals surface area contributed by atoms with E-state index in [0.29, 0.717) is 19.8 Å². The molecule has 0 saturated carbocycles.